The molecule has 33 heavy (non-hydrogen) atoms. The van der Waals surface area contributed by atoms with E-state index in [1.807, 2.05) is 6.07 Å². The number of carbonyl (C=O) groups is 1. The lowest BCUT2D eigenvalue weighted by Crippen LogP contribution is -2.30. The Labute approximate surface area is 194 Å². The van der Waals surface area contributed by atoms with Crippen LogP contribution in [0, 0.1) is 0 Å². The van der Waals surface area contributed by atoms with E-state index in [0.717, 1.165) is 0 Å². The first-order valence-corrected chi connectivity index (χ1v) is 13.2. The molecule has 174 valence electrons. The lowest BCUT2D eigenvalue weighted by molar-refractivity contribution is 0.102. The largest absolute Gasteiger partial charge is 0.322 e. The Hall–Kier alpha value is -3.21. The van der Waals surface area contributed by atoms with Gasteiger partial charge in [-0.15, -0.1) is 0 Å². The summed E-state index contributed by atoms with van der Waals surface area (Å²) in [5.41, 5.74) is 0.821. The molecule has 0 heterocycles. The minimum absolute atomic E-state index is 0.00721. The third kappa shape index (κ3) is 5.59. The second-order valence-corrected chi connectivity index (χ2v) is 10.7. The Bertz CT molecular complexity index is 1320. The van der Waals surface area contributed by atoms with Gasteiger partial charge < -0.3 is 5.32 Å². The molecule has 0 atom stereocenters. The number of anilines is 2. The summed E-state index contributed by atoms with van der Waals surface area (Å²) < 4.78 is 54.9. The van der Waals surface area contributed by atoms with Gasteiger partial charge in [0.05, 0.1) is 21.0 Å². The van der Waals surface area contributed by atoms with E-state index in [4.69, 9.17) is 0 Å². The summed E-state index contributed by atoms with van der Waals surface area (Å²) in [6, 6.07) is 20.0. The first-order valence-electron chi connectivity index (χ1n) is 10.3. The fourth-order valence-electron chi connectivity index (χ4n) is 3.20. The zero-order valence-electron chi connectivity index (χ0n) is 18.2. The molecule has 0 aromatic heterocycles. The third-order valence-electron chi connectivity index (χ3n) is 4.92. The molecular formula is C23H25N3O5S2. The normalized spacial score (nSPS) is 11.8. The number of rotatable bonds is 9. The average molecular weight is 488 g/mol. The molecule has 0 unspecified atom stereocenters. The zero-order chi connectivity index (χ0) is 24.1. The van der Waals surface area contributed by atoms with E-state index in [-0.39, 0.29) is 21.0 Å². The lowest BCUT2D eigenvalue weighted by Gasteiger charge is -2.18. The van der Waals surface area contributed by atoms with Crippen molar-refractivity contribution in [3.8, 4) is 0 Å². The molecule has 2 N–H and O–H groups in total. The van der Waals surface area contributed by atoms with Crippen LogP contribution in [0.3, 0.4) is 0 Å². The van der Waals surface area contributed by atoms with Gasteiger partial charge in [0.15, 0.2) is 0 Å². The minimum atomic E-state index is -4.07. The number of benzene rings is 3. The van der Waals surface area contributed by atoms with Crippen LogP contribution in [0.5, 0.6) is 0 Å². The van der Waals surface area contributed by atoms with E-state index in [0.29, 0.717) is 18.8 Å². The maximum absolute atomic E-state index is 12.9. The van der Waals surface area contributed by atoms with Gasteiger partial charge in [-0.2, -0.15) is 4.31 Å². The predicted molar refractivity (Wildman–Crippen MR) is 128 cm³/mol. The highest BCUT2D eigenvalue weighted by Crippen LogP contribution is 2.23. The molecule has 0 fully saturated rings. The summed E-state index contributed by atoms with van der Waals surface area (Å²) in [4.78, 5) is 12.6. The van der Waals surface area contributed by atoms with Crippen molar-refractivity contribution in [2.24, 2.45) is 0 Å². The van der Waals surface area contributed by atoms with Gasteiger partial charge >= 0.3 is 0 Å². The maximum Gasteiger partial charge on any atom is 0.261 e. The van der Waals surface area contributed by atoms with Crippen LogP contribution in [-0.4, -0.2) is 40.1 Å². The Morgan fingerprint density at radius 2 is 1.30 bits per heavy atom. The predicted octanol–water partition coefficient (Wildman–Crippen LogP) is 3.77. The fourth-order valence-corrected chi connectivity index (χ4v) is 5.73. The molecule has 0 radical (unpaired) electrons. The van der Waals surface area contributed by atoms with Crippen LogP contribution in [0.2, 0.25) is 0 Å². The molecule has 0 bridgehead atoms. The van der Waals surface area contributed by atoms with Gasteiger partial charge in [0.1, 0.15) is 0 Å². The van der Waals surface area contributed by atoms with E-state index in [1.165, 1.54) is 40.7 Å². The molecule has 0 aliphatic heterocycles. The van der Waals surface area contributed by atoms with Crippen molar-refractivity contribution in [1.82, 2.24) is 4.31 Å². The van der Waals surface area contributed by atoms with Crippen LogP contribution in [0.15, 0.2) is 88.7 Å². The zero-order valence-corrected chi connectivity index (χ0v) is 19.9. The number of hydrogen-bond donors (Lipinski definition) is 2. The average Bonchev–Trinajstić information content (AvgIpc) is 2.80. The molecule has 3 aromatic carbocycles. The Balaban J connectivity index is 1.85. The second-order valence-electron chi connectivity index (χ2n) is 7.03. The van der Waals surface area contributed by atoms with Gasteiger partial charge in [-0.05, 0) is 48.5 Å². The summed E-state index contributed by atoms with van der Waals surface area (Å²) >= 11 is 0. The highest BCUT2D eigenvalue weighted by molar-refractivity contribution is 7.92. The van der Waals surface area contributed by atoms with Crippen molar-refractivity contribution in [3.63, 3.8) is 0 Å². The summed E-state index contributed by atoms with van der Waals surface area (Å²) in [5.74, 6) is -0.472. The first kappa shape index (κ1) is 24.4. The van der Waals surface area contributed by atoms with E-state index in [9.17, 15) is 21.6 Å². The first-order chi connectivity index (χ1) is 15.7. The van der Waals surface area contributed by atoms with Crippen molar-refractivity contribution >= 4 is 37.3 Å². The van der Waals surface area contributed by atoms with Crippen molar-refractivity contribution in [3.05, 3.63) is 84.4 Å². The highest BCUT2D eigenvalue weighted by atomic mass is 32.2. The molecule has 3 rings (SSSR count). The monoisotopic (exact) mass is 487 g/mol. The van der Waals surface area contributed by atoms with Gasteiger partial charge in [0.2, 0.25) is 10.0 Å². The molecular weight excluding hydrogens is 462 g/mol. The van der Waals surface area contributed by atoms with Crippen molar-refractivity contribution in [1.29, 1.82) is 0 Å². The van der Waals surface area contributed by atoms with Gasteiger partial charge in [0.25, 0.3) is 15.9 Å². The summed E-state index contributed by atoms with van der Waals surface area (Å²) in [7, 11) is -7.78. The Kier molecular flexibility index (Phi) is 7.52. The molecule has 0 saturated heterocycles. The molecule has 0 aliphatic rings. The van der Waals surface area contributed by atoms with Crippen LogP contribution in [0.1, 0.15) is 24.2 Å². The second kappa shape index (κ2) is 10.2. The number of para-hydroxylation sites is 2. The molecule has 1 amide bonds. The molecule has 0 saturated carbocycles. The number of carbonyl (C=O) groups excluding carboxylic acids is 1. The molecule has 0 aliphatic carbocycles. The fraction of sp³-hybridized carbons (Fsp3) is 0.174. The molecule has 8 nitrogen and oxygen atoms in total. The Morgan fingerprint density at radius 3 is 1.91 bits per heavy atom. The maximum atomic E-state index is 12.9. The lowest BCUT2D eigenvalue weighted by atomic mass is 10.1. The van der Waals surface area contributed by atoms with Crippen molar-refractivity contribution < 1.29 is 21.6 Å². The van der Waals surface area contributed by atoms with Gasteiger partial charge in [-0.1, -0.05) is 44.2 Å². The molecule has 3 aromatic rings. The molecule has 10 heteroatoms. The number of nitrogens with zero attached hydrogens (tertiary/aromatic N) is 1. The molecule has 0 spiro atoms. The van der Waals surface area contributed by atoms with E-state index in [2.05, 4.69) is 10.0 Å². The number of sulfonamides is 2. The van der Waals surface area contributed by atoms with Crippen molar-refractivity contribution in [2.45, 2.75) is 23.6 Å². The summed E-state index contributed by atoms with van der Waals surface area (Å²) in [6.45, 7) is 4.08. The van der Waals surface area contributed by atoms with Crippen LogP contribution in [0.25, 0.3) is 0 Å². The van der Waals surface area contributed by atoms with E-state index in [1.54, 1.807) is 50.2 Å². The SMILES string of the molecule is CCN(CC)S(=O)(=O)c1ccc(S(=O)(=O)Nc2ccccc2C(=O)Nc2ccccc2)cc1. The smallest absolute Gasteiger partial charge is 0.261 e. The van der Waals surface area contributed by atoms with Crippen LogP contribution >= 0.6 is 0 Å². The number of nitrogens with one attached hydrogen (secondary N) is 2. The summed E-state index contributed by atoms with van der Waals surface area (Å²) in [5, 5.41) is 2.72. The topological polar surface area (TPSA) is 113 Å². The number of hydrogen-bond acceptors (Lipinski definition) is 5. The third-order valence-corrected chi connectivity index (χ3v) is 8.37. The van der Waals surface area contributed by atoms with Crippen LogP contribution < -0.4 is 10.0 Å². The van der Waals surface area contributed by atoms with Crippen LogP contribution in [0.4, 0.5) is 11.4 Å². The van der Waals surface area contributed by atoms with Gasteiger partial charge in [-0.3, -0.25) is 9.52 Å². The van der Waals surface area contributed by atoms with Gasteiger partial charge in [0, 0.05) is 18.8 Å². The van der Waals surface area contributed by atoms with Crippen molar-refractivity contribution in [2.75, 3.05) is 23.1 Å². The number of amides is 1. The standard InChI is InChI=1S/C23H25N3O5S2/c1-3-26(4-2)33(30,31)20-16-14-19(15-17-20)32(28,29)25-22-13-9-8-12-21(22)23(27)24-18-10-6-5-7-11-18/h5-17,25H,3-4H2,1-2H3,(H,24,27). The highest BCUT2D eigenvalue weighted by Gasteiger charge is 2.23. The quantitative estimate of drug-likeness (QED) is 0.477. The van der Waals surface area contributed by atoms with E-state index >= 15 is 0 Å². The minimum Gasteiger partial charge on any atom is -0.322 e. The summed E-state index contributed by atoms with van der Waals surface area (Å²) in [6.07, 6.45) is 0. The van der Waals surface area contributed by atoms with Gasteiger partial charge in [-0.25, -0.2) is 16.8 Å². The van der Waals surface area contributed by atoms with E-state index < -0.39 is 26.0 Å². The van der Waals surface area contributed by atoms with Crippen LogP contribution in [-0.2, 0) is 20.0 Å². The Morgan fingerprint density at radius 1 is 0.758 bits per heavy atom.